The minimum Gasteiger partial charge on any atom is -0.355 e. The van der Waals surface area contributed by atoms with E-state index in [2.05, 4.69) is 31.2 Å². The van der Waals surface area contributed by atoms with Gasteiger partial charge >= 0.3 is 0 Å². The number of hydrogen-bond acceptors (Lipinski definition) is 3. The summed E-state index contributed by atoms with van der Waals surface area (Å²) in [5, 5.41) is 1.22. The van der Waals surface area contributed by atoms with Crippen LogP contribution in [0, 0.1) is 23.7 Å². The molecule has 1 spiro atoms. The van der Waals surface area contributed by atoms with Gasteiger partial charge in [-0.1, -0.05) is 12.1 Å². The zero-order chi connectivity index (χ0) is 14.5. The Balaban J connectivity index is 1.46. The van der Waals surface area contributed by atoms with E-state index < -0.39 is 0 Å². The van der Waals surface area contributed by atoms with Gasteiger partial charge in [-0.2, -0.15) is 0 Å². The molecule has 2 nitrogen and oxygen atoms in total. The van der Waals surface area contributed by atoms with E-state index in [1.54, 1.807) is 0 Å². The van der Waals surface area contributed by atoms with Gasteiger partial charge in [-0.25, -0.2) is 4.98 Å². The normalized spacial score (nSPS) is 48.4. The van der Waals surface area contributed by atoms with E-state index in [0.29, 0.717) is 0 Å². The number of aromatic nitrogens is 1. The number of rotatable bonds is 1. The van der Waals surface area contributed by atoms with Crippen molar-refractivity contribution in [1.82, 2.24) is 4.98 Å². The van der Waals surface area contributed by atoms with Gasteiger partial charge < -0.3 is 4.74 Å². The van der Waals surface area contributed by atoms with Crippen LogP contribution < -0.4 is 0 Å². The molecule has 1 saturated heterocycles. The van der Waals surface area contributed by atoms with Crippen LogP contribution in [0.3, 0.4) is 0 Å². The first-order chi connectivity index (χ1) is 10.7. The van der Waals surface area contributed by atoms with Crippen molar-refractivity contribution in [2.24, 2.45) is 23.7 Å². The Bertz CT molecular complexity index is 720. The van der Waals surface area contributed by atoms with Gasteiger partial charge in [-0.3, -0.25) is 0 Å². The molecule has 2 heterocycles. The first kappa shape index (κ1) is 12.5. The summed E-state index contributed by atoms with van der Waals surface area (Å²) in [7, 11) is 0. The monoisotopic (exact) mass is 311 g/mol. The summed E-state index contributed by atoms with van der Waals surface area (Å²) in [4.78, 5) is 4.95. The molecule has 1 aromatic carbocycles. The van der Waals surface area contributed by atoms with Gasteiger partial charge in [0.05, 0.1) is 10.2 Å². The molecule has 0 amide bonds. The fourth-order valence-corrected chi connectivity index (χ4v) is 7.54. The predicted molar refractivity (Wildman–Crippen MR) is 87.8 cm³/mol. The Morgan fingerprint density at radius 1 is 1.05 bits per heavy atom. The molecule has 4 saturated carbocycles. The number of nitrogens with zero attached hydrogens (tertiary/aromatic N) is 1. The average molecular weight is 311 g/mol. The Hall–Kier alpha value is -0.930. The lowest BCUT2D eigenvalue weighted by atomic mass is 9.49. The second kappa shape index (κ2) is 3.76. The van der Waals surface area contributed by atoms with Crippen LogP contribution in [0.1, 0.15) is 44.0 Å². The van der Waals surface area contributed by atoms with E-state index in [9.17, 15) is 0 Å². The van der Waals surface area contributed by atoms with Crippen LogP contribution >= 0.6 is 11.3 Å². The number of thiazole rings is 1. The van der Waals surface area contributed by atoms with Gasteiger partial charge in [-0.15, -0.1) is 11.3 Å². The summed E-state index contributed by atoms with van der Waals surface area (Å²) in [5.41, 5.74) is 1.16. The summed E-state index contributed by atoms with van der Waals surface area (Å²) in [6, 6.07) is 8.51. The van der Waals surface area contributed by atoms with Crippen LogP contribution in [-0.4, -0.2) is 10.6 Å². The topological polar surface area (TPSA) is 25.4 Å². The van der Waals surface area contributed by atoms with E-state index in [1.807, 2.05) is 11.3 Å². The standard InChI is InChI=1S/C19H21NOS/c1-18(17-20-15-4-2-3-5-16(15)22-17)19(21-18)13-7-11-6-12(9-13)10-14(19)8-11/h2-5,11-14H,6-10H2,1H3. The molecule has 3 heteroatoms. The third kappa shape index (κ3) is 1.31. The molecular formula is C19H21NOS. The Kier molecular flexibility index (Phi) is 2.13. The van der Waals surface area contributed by atoms with Gasteiger partial charge in [-0.05, 0) is 74.8 Å². The molecular weight excluding hydrogens is 290 g/mol. The van der Waals surface area contributed by atoms with Crippen molar-refractivity contribution < 1.29 is 4.74 Å². The molecule has 1 aliphatic heterocycles. The smallest absolute Gasteiger partial charge is 0.147 e. The van der Waals surface area contributed by atoms with Crippen molar-refractivity contribution in [2.45, 2.75) is 50.2 Å². The number of ether oxygens (including phenoxy) is 1. The number of fused-ring (bicyclic) bond motifs is 1. The highest BCUT2D eigenvalue weighted by atomic mass is 32.1. The fourth-order valence-electron chi connectivity index (χ4n) is 6.43. The van der Waals surface area contributed by atoms with Crippen molar-refractivity contribution in [3.63, 3.8) is 0 Å². The Morgan fingerprint density at radius 3 is 2.41 bits per heavy atom. The molecule has 5 fully saturated rings. The van der Waals surface area contributed by atoms with Gasteiger partial charge in [0, 0.05) is 0 Å². The van der Waals surface area contributed by atoms with Crippen LogP contribution in [0.25, 0.3) is 10.2 Å². The molecule has 0 radical (unpaired) electrons. The van der Waals surface area contributed by atoms with Gasteiger partial charge in [0.25, 0.3) is 0 Å². The van der Waals surface area contributed by atoms with Gasteiger partial charge in [0.2, 0.25) is 0 Å². The molecule has 4 bridgehead atoms. The largest absolute Gasteiger partial charge is 0.355 e. The van der Waals surface area contributed by atoms with Crippen molar-refractivity contribution >= 4 is 21.6 Å². The first-order valence-corrected chi connectivity index (χ1v) is 9.57. The molecule has 22 heavy (non-hydrogen) atoms. The summed E-state index contributed by atoms with van der Waals surface area (Å²) in [6.07, 6.45) is 7.14. The molecule has 1 unspecified atom stereocenters. The van der Waals surface area contributed by atoms with Crippen LogP contribution in [0.4, 0.5) is 0 Å². The number of epoxide rings is 1. The molecule has 0 N–H and O–H groups in total. The molecule has 5 aliphatic rings. The zero-order valence-corrected chi connectivity index (χ0v) is 13.7. The van der Waals surface area contributed by atoms with Crippen LogP contribution in [0.2, 0.25) is 0 Å². The molecule has 1 aromatic heterocycles. The minimum absolute atomic E-state index is 0.112. The lowest BCUT2D eigenvalue weighted by Crippen LogP contribution is -2.53. The highest BCUT2D eigenvalue weighted by Crippen LogP contribution is 2.74. The van der Waals surface area contributed by atoms with Crippen molar-refractivity contribution in [2.75, 3.05) is 0 Å². The van der Waals surface area contributed by atoms with Gasteiger partial charge in [0.15, 0.2) is 0 Å². The van der Waals surface area contributed by atoms with Crippen LogP contribution in [-0.2, 0) is 10.3 Å². The van der Waals surface area contributed by atoms with E-state index in [4.69, 9.17) is 9.72 Å². The highest BCUT2D eigenvalue weighted by Gasteiger charge is 2.78. The number of benzene rings is 1. The van der Waals surface area contributed by atoms with E-state index in [0.717, 1.165) is 29.2 Å². The molecule has 4 aliphatic carbocycles. The minimum atomic E-state index is -0.112. The molecule has 1 atom stereocenters. The third-order valence-corrected chi connectivity index (χ3v) is 8.37. The van der Waals surface area contributed by atoms with E-state index in [-0.39, 0.29) is 11.2 Å². The quantitative estimate of drug-likeness (QED) is 0.711. The highest BCUT2D eigenvalue weighted by molar-refractivity contribution is 7.18. The maximum absolute atomic E-state index is 6.63. The summed E-state index contributed by atoms with van der Waals surface area (Å²) >= 11 is 1.85. The second-order valence-electron chi connectivity index (χ2n) is 8.22. The Labute approximate surface area is 134 Å². The SMILES string of the molecule is CC1(c2nc3ccccc3s2)OC12C1CC3CC(C1)CC2C3. The average Bonchev–Trinajstić information content (AvgIpc) is 2.92. The maximum atomic E-state index is 6.63. The number of hydrogen-bond donors (Lipinski definition) is 0. The Morgan fingerprint density at radius 2 is 1.73 bits per heavy atom. The maximum Gasteiger partial charge on any atom is 0.147 e. The third-order valence-electron chi connectivity index (χ3n) is 7.13. The molecule has 2 aromatic rings. The zero-order valence-electron chi connectivity index (χ0n) is 12.9. The summed E-state index contributed by atoms with van der Waals surface area (Å²) in [6.45, 7) is 2.33. The van der Waals surface area contributed by atoms with Gasteiger partial charge in [0.1, 0.15) is 16.2 Å². The van der Waals surface area contributed by atoms with Crippen LogP contribution in [0.15, 0.2) is 24.3 Å². The van der Waals surface area contributed by atoms with Crippen molar-refractivity contribution in [3.05, 3.63) is 29.3 Å². The van der Waals surface area contributed by atoms with Crippen molar-refractivity contribution in [1.29, 1.82) is 0 Å². The van der Waals surface area contributed by atoms with E-state index >= 15 is 0 Å². The number of para-hydroxylation sites is 1. The van der Waals surface area contributed by atoms with Crippen molar-refractivity contribution in [3.8, 4) is 0 Å². The molecule has 7 rings (SSSR count). The molecule has 114 valence electrons. The fraction of sp³-hybridized carbons (Fsp3) is 0.632. The first-order valence-electron chi connectivity index (χ1n) is 8.75. The second-order valence-corrected chi connectivity index (χ2v) is 9.25. The van der Waals surface area contributed by atoms with Crippen LogP contribution in [0.5, 0.6) is 0 Å². The lowest BCUT2D eigenvalue weighted by molar-refractivity contribution is -0.0564. The summed E-state index contributed by atoms with van der Waals surface area (Å²) < 4.78 is 7.93. The lowest BCUT2D eigenvalue weighted by Gasteiger charge is -2.54. The predicted octanol–water partition coefficient (Wildman–Crippen LogP) is 4.74. The summed E-state index contributed by atoms with van der Waals surface area (Å²) in [5.74, 6) is 3.58. The van der Waals surface area contributed by atoms with E-state index in [1.165, 1.54) is 41.8 Å².